The molecule has 4 nitrogen and oxygen atoms in total. The van der Waals surface area contributed by atoms with Gasteiger partial charge in [0, 0.05) is 11.8 Å². The molecular formula is C20H12ClFN2O2. The van der Waals surface area contributed by atoms with Gasteiger partial charge in [0.1, 0.15) is 11.3 Å². The highest BCUT2D eigenvalue weighted by atomic mass is 35.5. The second-order valence-corrected chi connectivity index (χ2v) is 6.02. The number of aromatic nitrogens is 1. The molecule has 128 valence electrons. The third-order valence-corrected chi connectivity index (χ3v) is 4.20. The van der Waals surface area contributed by atoms with Crippen LogP contribution in [0.3, 0.4) is 0 Å². The van der Waals surface area contributed by atoms with Crippen molar-refractivity contribution in [1.29, 1.82) is 0 Å². The number of rotatable bonds is 3. The lowest BCUT2D eigenvalue weighted by Crippen LogP contribution is -2.13. The number of hydrogen-bond donors (Lipinski definition) is 1. The van der Waals surface area contributed by atoms with Gasteiger partial charge in [-0.05, 0) is 36.4 Å². The van der Waals surface area contributed by atoms with E-state index in [4.69, 9.17) is 16.0 Å². The summed E-state index contributed by atoms with van der Waals surface area (Å²) in [5, 5.41) is 3.19. The van der Waals surface area contributed by atoms with E-state index >= 15 is 0 Å². The zero-order valence-corrected chi connectivity index (χ0v) is 14.1. The Hall–Kier alpha value is -3.18. The van der Waals surface area contributed by atoms with Gasteiger partial charge in [0.05, 0.1) is 16.1 Å². The Morgan fingerprint density at radius 1 is 1.04 bits per heavy atom. The Morgan fingerprint density at radius 2 is 1.81 bits per heavy atom. The Bertz CT molecular complexity index is 1120. The van der Waals surface area contributed by atoms with Crippen molar-refractivity contribution in [3.63, 3.8) is 0 Å². The number of carbonyl (C=O) groups excluding carboxylic acids is 1. The lowest BCUT2D eigenvalue weighted by atomic mass is 10.2. The highest BCUT2D eigenvalue weighted by Gasteiger charge is 2.14. The first-order valence-corrected chi connectivity index (χ1v) is 8.21. The summed E-state index contributed by atoms with van der Waals surface area (Å²) >= 11 is 6.18. The Balaban J connectivity index is 1.65. The van der Waals surface area contributed by atoms with Crippen molar-refractivity contribution in [2.24, 2.45) is 0 Å². The molecule has 0 aliphatic carbocycles. The molecule has 4 aromatic rings. The molecule has 1 heterocycles. The maximum Gasteiger partial charge on any atom is 0.258 e. The van der Waals surface area contributed by atoms with Crippen LogP contribution in [-0.2, 0) is 0 Å². The van der Waals surface area contributed by atoms with Crippen LogP contribution in [0.5, 0.6) is 0 Å². The summed E-state index contributed by atoms with van der Waals surface area (Å²) in [5.41, 5.74) is 2.26. The number of anilines is 1. The van der Waals surface area contributed by atoms with Crippen molar-refractivity contribution in [2.75, 3.05) is 5.32 Å². The summed E-state index contributed by atoms with van der Waals surface area (Å²) in [5.74, 6) is -0.719. The number of nitrogens with zero attached hydrogens (tertiary/aromatic N) is 1. The fraction of sp³-hybridized carbons (Fsp3) is 0. The number of oxazole rings is 1. The third kappa shape index (κ3) is 3.05. The lowest BCUT2D eigenvalue weighted by molar-refractivity contribution is 0.102. The number of halogens is 2. The highest BCUT2D eigenvalue weighted by molar-refractivity contribution is 6.33. The maximum absolute atomic E-state index is 13.7. The van der Waals surface area contributed by atoms with Crippen LogP contribution in [0.4, 0.5) is 10.1 Å². The minimum absolute atomic E-state index is 0.0260. The fourth-order valence-electron chi connectivity index (χ4n) is 2.60. The number of fused-ring (bicyclic) bond motifs is 1. The molecule has 6 heteroatoms. The molecule has 0 saturated carbocycles. The molecule has 0 saturated heterocycles. The van der Waals surface area contributed by atoms with E-state index in [2.05, 4.69) is 10.3 Å². The summed E-state index contributed by atoms with van der Waals surface area (Å²) in [6.07, 6.45) is 0. The first kappa shape index (κ1) is 16.3. The van der Waals surface area contributed by atoms with Crippen molar-refractivity contribution < 1.29 is 13.6 Å². The second kappa shape index (κ2) is 6.61. The molecule has 4 rings (SSSR count). The topological polar surface area (TPSA) is 55.1 Å². The first-order valence-electron chi connectivity index (χ1n) is 7.83. The molecule has 1 N–H and O–H groups in total. The van der Waals surface area contributed by atoms with Crippen LogP contribution in [0.2, 0.25) is 5.02 Å². The van der Waals surface area contributed by atoms with E-state index in [-0.39, 0.29) is 5.56 Å². The quantitative estimate of drug-likeness (QED) is 0.518. The lowest BCUT2D eigenvalue weighted by Gasteiger charge is -2.05. The van der Waals surface area contributed by atoms with Crippen LogP contribution in [0.15, 0.2) is 71.1 Å². The first-order chi connectivity index (χ1) is 12.6. The zero-order chi connectivity index (χ0) is 18.1. The zero-order valence-electron chi connectivity index (χ0n) is 13.4. The van der Waals surface area contributed by atoms with E-state index in [0.29, 0.717) is 33.3 Å². The summed E-state index contributed by atoms with van der Waals surface area (Å²) < 4.78 is 19.5. The molecule has 1 aromatic heterocycles. The molecule has 0 spiro atoms. The van der Waals surface area contributed by atoms with Gasteiger partial charge in [0.15, 0.2) is 5.58 Å². The van der Waals surface area contributed by atoms with Crippen LogP contribution < -0.4 is 5.32 Å². The largest absolute Gasteiger partial charge is 0.436 e. The monoisotopic (exact) mass is 366 g/mol. The number of carbonyl (C=O) groups is 1. The molecular weight excluding hydrogens is 355 g/mol. The van der Waals surface area contributed by atoms with E-state index in [9.17, 15) is 9.18 Å². The van der Waals surface area contributed by atoms with E-state index in [0.717, 1.165) is 0 Å². The van der Waals surface area contributed by atoms with Crippen molar-refractivity contribution in [2.45, 2.75) is 0 Å². The predicted molar refractivity (Wildman–Crippen MR) is 98.8 cm³/mol. The molecule has 0 bridgehead atoms. The molecule has 0 aliphatic heterocycles. The van der Waals surface area contributed by atoms with E-state index in [1.54, 1.807) is 30.3 Å². The van der Waals surface area contributed by atoms with Crippen molar-refractivity contribution in [3.05, 3.63) is 83.1 Å². The minimum atomic E-state index is -0.577. The average molecular weight is 367 g/mol. The Labute approximate surface area is 153 Å². The summed E-state index contributed by atoms with van der Waals surface area (Å²) in [6.45, 7) is 0. The van der Waals surface area contributed by atoms with Crippen LogP contribution in [0.1, 0.15) is 10.4 Å². The van der Waals surface area contributed by atoms with Gasteiger partial charge in [-0.2, -0.15) is 0 Å². The van der Waals surface area contributed by atoms with Gasteiger partial charge < -0.3 is 9.73 Å². The average Bonchev–Trinajstić information content (AvgIpc) is 3.05. The fourth-order valence-corrected chi connectivity index (χ4v) is 2.81. The maximum atomic E-state index is 13.7. The van der Waals surface area contributed by atoms with Gasteiger partial charge in [0.2, 0.25) is 5.89 Å². The van der Waals surface area contributed by atoms with E-state index < -0.39 is 11.7 Å². The second-order valence-electron chi connectivity index (χ2n) is 5.62. The van der Waals surface area contributed by atoms with Crippen LogP contribution in [-0.4, -0.2) is 10.9 Å². The minimum Gasteiger partial charge on any atom is -0.436 e. The standard InChI is InChI=1S/C20H12ClFN2O2/c21-15-7-3-1-5-13(15)20-24-17-10-9-12(11-18(17)26-20)23-19(25)14-6-2-4-8-16(14)22/h1-11H,(H,23,25). The molecule has 0 radical (unpaired) electrons. The highest BCUT2D eigenvalue weighted by Crippen LogP contribution is 2.30. The van der Waals surface area contributed by atoms with Crippen LogP contribution in [0, 0.1) is 5.82 Å². The number of amides is 1. The third-order valence-electron chi connectivity index (χ3n) is 3.87. The van der Waals surface area contributed by atoms with Gasteiger partial charge in [-0.3, -0.25) is 4.79 Å². The molecule has 0 fully saturated rings. The molecule has 0 aliphatic rings. The summed E-state index contributed by atoms with van der Waals surface area (Å²) in [6, 6.07) is 18.1. The van der Waals surface area contributed by atoms with Crippen molar-refractivity contribution in [3.8, 4) is 11.5 Å². The number of benzene rings is 3. The normalized spacial score (nSPS) is 10.8. The van der Waals surface area contributed by atoms with Crippen LogP contribution >= 0.6 is 11.6 Å². The van der Waals surface area contributed by atoms with Gasteiger partial charge in [-0.15, -0.1) is 0 Å². The molecule has 1 amide bonds. The van der Waals surface area contributed by atoms with Gasteiger partial charge >= 0.3 is 0 Å². The summed E-state index contributed by atoms with van der Waals surface area (Å²) in [4.78, 5) is 16.6. The van der Waals surface area contributed by atoms with Crippen molar-refractivity contribution >= 4 is 34.3 Å². The molecule has 0 atom stereocenters. The van der Waals surface area contributed by atoms with Crippen molar-refractivity contribution in [1.82, 2.24) is 4.98 Å². The predicted octanol–water partition coefficient (Wildman–Crippen LogP) is 5.54. The smallest absolute Gasteiger partial charge is 0.258 e. The molecule has 0 unspecified atom stereocenters. The SMILES string of the molecule is O=C(Nc1ccc2nc(-c3ccccc3Cl)oc2c1)c1ccccc1F. The van der Waals surface area contributed by atoms with E-state index in [1.165, 1.54) is 18.2 Å². The molecule has 3 aromatic carbocycles. The number of hydrogen-bond acceptors (Lipinski definition) is 3. The van der Waals surface area contributed by atoms with Gasteiger partial charge in [0.25, 0.3) is 5.91 Å². The molecule has 26 heavy (non-hydrogen) atoms. The van der Waals surface area contributed by atoms with Gasteiger partial charge in [-0.25, -0.2) is 9.37 Å². The van der Waals surface area contributed by atoms with Gasteiger partial charge in [-0.1, -0.05) is 35.9 Å². The van der Waals surface area contributed by atoms with E-state index in [1.807, 2.05) is 18.2 Å². The number of nitrogens with one attached hydrogen (secondary N) is 1. The Morgan fingerprint density at radius 3 is 2.62 bits per heavy atom. The Kier molecular flexibility index (Phi) is 4.14. The summed E-state index contributed by atoms with van der Waals surface area (Å²) in [7, 11) is 0. The van der Waals surface area contributed by atoms with Crippen LogP contribution in [0.25, 0.3) is 22.6 Å².